The van der Waals surface area contributed by atoms with Crippen LogP contribution in [0.5, 0.6) is 0 Å². The van der Waals surface area contributed by atoms with E-state index in [2.05, 4.69) is 15.2 Å². The number of nitrogens with zero attached hydrogens (tertiary/aromatic N) is 3. The van der Waals surface area contributed by atoms with Gasteiger partial charge in [0.15, 0.2) is 0 Å². The van der Waals surface area contributed by atoms with E-state index in [4.69, 9.17) is 11.6 Å². The maximum Gasteiger partial charge on any atom is 0.430 e. The van der Waals surface area contributed by atoms with Crippen molar-refractivity contribution in [3.63, 3.8) is 0 Å². The molecule has 41 heavy (non-hydrogen) atoms. The van der Waals surface area contributed by atoms with Crippen molar-refractivity contribution in [3.8, 4) is 0 Å². The summed E-state index contributed by atoms with van der Waals surface area (Å²) >= 11 is 6.28. The van der Waals surface area contributed by atoms with E-state index in [0.717, 1.165) is 38.2 Å². The number of alkyl halides is 3. The minimum absolute atomic E-state index is 0.0443. The molecular formula is C30H40ClF3N4O3. The molecule has 3 N–H and O–H groups in total. The number of rotatable bonds is 8. The highest BCUT2D eigenvalue weighted by Crippen LogP contribution is 2.42. The number of piperidine rings is 2. The van der Waals surface area contributed by atoms with Gasteiger partial charge in [-0.3, -0.25) is 10.1 Å². The maximum absolute atomic E-state index is 14.2. The number of pyridine rings is 1. The second kappa shape index (κ2) is 12.9. The van der Waals surface area contributed by atoms with E-state index in [0.29, 0.717) is 35.8 Å². The largest absolute Gasteiger partial charge is 0.430 e. The third kappa shape index (κ3) is 6.82. The molecule has 0 aliphatic carbocycles. The number of carbonyl (C=O) groups excluding carboxylic acids is 1. The van der Waals surface area contributed by atoms with Crippen LogP contribution in [-0.4, -0.2) is 65.4 Å². The molecule has 3 heterocycles. The normalized spacial score (nSPS) is 19.9. The fourth-order valence-electron chi connectivity index (χ4n) is 5.97. The van der Waals surface area contributed by atoms with Crippen molar-refractivity contribution in [2.45, 2.75) is 69.9 Å². The molecule has 1 amide bonds. The lowest BCUT2D eigenvalue weighted by atomic mass is 9.82. The fraction of sp³-hybridized carbons (Fsp3) is 0.600. The molecule has 0 bridgehead atoms. The van der Waals surface area contributed by atoms with Crippen molar-refractivity contribution >= 4 is 23.3 Å². The number of aliphatic hydroxyl groups excluding tert-OH is 1. The molecule has 7 nitrogen and oxygen atoms in total. The Kier molecular flexibility index (Phi) is 9.89. The lowest BCUT2D eigenvalue weighted by Gasteiger charge is -2.40. The van der Waals surface area contributed by atoms with Crippen LogP contribution in [0.4, 0.5) is 19.0 Å². The first-order chi connectivity index (χ1) is 19.3. The summed E-state index contributed by atoms with van der Waals surface area (Å²) in [6.45, 7) is 5.71. The van der Waals surface area contributed by atoms with Gasteiger partial charge in [0.1, 0.15) is 17.2 Å². The number of halogens is 4. The van der Waals surface area contributed by atoms with Gasteiger partial charge in [-0.25, -0.2) is 4.98 Å². The van der Waals surface area contributed by atoms with Crippen LogP contribution in [0.2, 0.25) is 5.15 Å². The lowest BCUT2D eigenvalue weighted by Crippen LogP contribution is -2.57. The van der Waals surface area contributed by atoms with Crippen molar-refractivity contribution in [2.75, 3.05) is 38.1 Å². The zero-order valence-electron chi connectivity index (χ0n) is 23.8. The van der Waals surface area contributed by atoms with Crippen molar-refractivity contribution in [3.05, 3.63) is 58.2 Å². The Hall–Kier alpha value is -2.40. The summed E-state index contributed by atoms with van der Waals surface area (Å²) in [6, 6.07) is 9.26. The van der Waals surface area contributed by atoms with Gasteiger partial charge in [-0.2, -0.15) is 13.2 Å². The highest BCUT2D eigenvalue weighted by Gasteiger charge is 2.62. The van der Waals surface area contributed by atoms with E-state index < -0.39 is 29.5 Å². The molecule has 2 saturated heterocycles. The number of amides is 1. The summed E-state index contributed by atoms with van der Waals surface area (Å²) in [7, 11) is 1.64. The van der Waals surface area contributed by atoms with E-state index in [9.17, 15) is 28.2 Å². The van der Waals surface area contributed by atoms with Gasteiger partial charge in [0, 0.05) is 37.3 Å². The maximum atomic E-state index is 14.2. The van der Waals surface area contributed by atoms with Crippen LogP contribution in [0.3, 0.4) is 0 Å². The summed E-state index contributed by atoms with van der Waals surface area (Å²) in [5, 5.41) is 23.9. The van der Waals surface area contributed by atoms with Crippen LogP contribution in [-0.2, 0) is 10.4 Å². The summed E-state index contributed by atoms with van der Waals surface area (Å²) in [4.78, 5) is 21.0. The van der Waals surface area contributed by atoms with E-state index in [1.165, 1.54) is 23.1 Å². The number of benzene rings is 1. The molecule has 1 aromatic carbocycles. The number of hydrogen-bond donors (Lipinski definition) is 3. The number of anilines is 1. The third-order valence-corrected chi connectivity index (χ3v) is 8.93. The third-order valence-electron chi connectivity index (χ3n) is 8.63. The first kappa shape index (κ1) is 31.5. The molecule has 2 fully saturated rings. The van der Waals surface area contributed by atoms with Gasteiger partial charge in [-0.15, -0.1) is 0 Å². The second-order valence-electron chi connectivity index (χ2n) is 11.6. The molecule has 1 aromatic heterocycles. The summed E-state index contributed by atoms with van der Waals surface area (Å²) in [5.74, 6) is 0.219. The second-order valence-corrected chi connectivity index (χ2v) is 12.0. The predicted octanol–water partition coefficient (Wildman–Crippen LogP) is 5.36. The highest BCUT2D eigenvalue weighted by molar-refractivity contribution is 6.30. The van der Waals surface area contributed by atoms with Crippen molar-refractivity contribution in [1.82, 2.24) is 15.2 Å². The molecule has 226 valence electrons. The van der Waals surface area contributed by atoms with Crippen LogP contribution in [0.25, 0.3) is 0 Å². The Morgan fingerprint density at radius 3 is 2.22 bits per heavy atom. The van der Waals surface area contributed by atoms with Gasteiger partial charge >= 0.3 is 6.18 Å². The standard InChI is InChI=1S/C30H40ClF3N4O3/c1-19(2)22-5-4-6-23(18-22)29(41,30(32,33)34)28(40)38-15-11-21(12-16-38)17-20-9-13-37(14-10-20)25-8-7-24(26(31)36-25)27(39)35-3/h4-8,18-21,27,35,39,41H,9-17H2,1-3H3. The first-order valence-corrected chi connectivity index (χ1v) is 14.7. The van der Waals surface area contributed by atoms with E-state index in [-0.39, 0.29) is 24.2 Å². The predicted molar refractivity (Wildman–Crippen MR) is 153 cm³/mol. The Balaban J connectivity index is 1.32. The molecular weight excluding hydrogens is 557 g/mol. The Morgan fingerprint density at radius 2 is 1.68 bits per heavy atom. The monoisotopic (exact) mass is 596 g/mol. The summed E-state index contributed by atoms with van der Waals surface area (Å²) in [6.07, 6.45) is -1.93. The van der Waals surface area contributed by atoms with Gasteiger partial charge in [0.05, 0.1) is 0 Å². The molecule has 2 unspecified atom stereocenters. The van der Waals surface area contributed by atoms with Crippen LogP contribution < -0.4 is 10.2 Å². The zero-order valence-corrected chi connectivity index (χ0v) is 24.5. The van der Waals surface area contributed by atoms with Crippen molar-refractivity contribution in [1.29, 1.82) is 0 Å². The quantitative estimate of drug-likeness (QED) is 0.281. The van der Waals surface area contributed by atoms with Gasteiger partial charge in [-0.1, -0.05) is 49.7 Å². The number of aliphatic hydroxyl groups is 2. The van der Waals surface area contributed by atoms with Crippen molar-refractivity contribution in [2.24, 2.45) is 11.8 Å². The fourth-order valence-corrected chi connectivity index (χ4v) is 6.22. The number of aromatic nitrogens is 1. The van der Waals surface area contributed by atoms with Gasteiger partial charge < -0.3 is 20.0 Å². The molecule has 2 aromatic rings. The van der Waals surface area contributed by atoms with Gasteiger partial charge in [-0.05, 0) is 74.6 Å². The highest BCUT2D eigenvalue weighted by atomic mass is 35.5. The summed E-state index contributed by atoms with van der Waals surface area (Å²) in [5.41, 5.74) is -2.85. The molecule has 0 saturated carbocycles. The topological polar surface area (TPSA) is 88.9 Å². The van der Waals surface area contributed by atoms with Crippen LogP contribution in [0, 0.1) is 11.8 Å². The number of hydrogen-bond acceptors (Lipinski definition) is 6. The molecule has 2 atom stereocenters. The smallest absolute Gasteiger partial charge is 0.374 e. The Bertz CT molecular complexity index is 1200. The Morgan fingerprint density at radius 1 is 1.07 bits per heavy atom. The SMILES string of the molecule is CNC(O)c1ccc(N2CCC(CC3CCN(C(=O)C(O)(c4cccc(C(C)C)c4)C(F)(F)F)CC3)CC2)nc1Cl. The van der Waals surface area contributed by atoms with Crippen LogP contribution >= 0.6 is 11.6 Å². The van der Waals surface area contributed by atoms with E-state index in [1.807, 2.05) is 19.9 Å². The number of likely N-dealkylation sites (tertiary alicyclic amines) is 1. The molecule has 11 heteroatoms. The molecule has 4 rings (SSSR count). The molecule has 2 aliphatic heterocycles. The van der Waals surface area contributed by atoms with Gasteiger partial charge in [0.25, 0.3) is 11.5 Å². The first-order valence-electron chi connectivity index (χ1n) is 14.3. The minimum atomic E-state index is -5.14. The average Bonchev–Trinajstić information content (AvgIpc) is 2.96. The number of carbonyl (C=O) groups is 1. The lowest BCUT2D eigenvalue weighted by molar-refractivity contribution is -0.262. The van der Waals surface area contributed by atoms with Crippen LogP contribution in [0.15, 0.2) is 36.4 Å². The minimum Gasteiger partial charge on any atom is -0.374 e. The number of nitrogens with one attached hydrogen (secondary N) is 1. The van der Waals surface area contributed by atoms with E-state index in [1.54, 1.807) is 19.2 Å². The summed E-state index contributed by atoms with van der Waals surface area (Å²) < 4.78 is 42.7. The average molecular weight is 597 g/mol. The Labute approximate surface area is 244 Å². The van der Waals surface area contributed by atoms with Crippen LogP contribution in [0.1, 0.15) is 74.8 Å². The van der Waals surface area contributed by atoms with Crippen molar-refractivity contribution < 1.29 is 28.2 Å². The zero-order chi connectivity index (χ0) is 29.9. The molecule has 0 radical (unpaired) electrons. The molecule has 2 aliphatic rings. The molecule has 0 spiro atoms. The van der Waals surface area contributed by atoms with Gasteiger partial charge in [0.2, 0.25) is 0 Å². The van der Waals surface area contributed by atoms with E-state index >= 15 is 0 Å².